The standard InChI is InChI=1S/C12H17N3S/c1-2-5-10-6-3-4-7-11(10)14-15-12-13-8-9-16-12/h3-4,6-7,14H,2,5,8-9H2,1H3,(H,13,15). The molecule has 1 heterocycles. The summed E-state index contributed by atoms with van der Waals surface area (Å²) in [5, 5.41) is 0.992. The van der Waals surface area contributed by atoms with Gasteiger partial charge in [-0.15, -0.1) is 0 Å². The summed E-state index contributed by atoms with van der Waals surface area (Å²) < 4.78 is 0. The van der Waals surface area contributed by atoms with Crippen LogP contribution in [0.4, 0.5) is 5.69 Å². The molecule has 16 heavy (non-hydrogen) atoms. The Morgan fingerprint density at radius 3 is 2.94 bits per heavy atom. The van der Waals surface area contributed by atoms with Crippen molar-refractivity contribution in [2.75, 3.05) is 17.7 Å². The van der Waals surface area contributed by atoms with Crippen LogP contribution < -0.4 is 10.9 Å². The second-order valence-electron chi connectivity index (χ2n) is 3.69. The minimum Gasteiger partial charge on any atom is -0.299 e. The number of aliphatic imine (C=N–C) groups is 1. The molecule has 0 bridgehead atoms. The minimum absolute atomic E-state index is 0.922. The molecule has 0 aliphatic carbocycles. The zero-order valence-corrected chi connectivity index (χ0v) is 10.3. The molecule has 4 heteroatoms. The molecule has 2 rings (SSSR count). The van der Waals surface area contributed by atoms with Crippen LogP contribution in [0.2, 0.25) is 0 Å². The molecule has 1 aromatic rings. The number of amidine groups is 1. The maximum absolute atomic E-state index is 4.33. The van der Waals surface area contributed by atoms with Crippen LogP contribution in [0, 0.1) is 0 Å². The molecule has 0 fully saturated rings. The summed E-state index contributed by atoms with van der Waals surface area (Å²) >= 11 is 1.76. The lowest BCUT2D eigenvalue weighted by atomic mass is 10.1. The van der Waals surface area contributed by atoms with E-state index >= 15 is 0 Å². The third-order valence-electron chi connectivity index (χ3n) is 2.43. The van der Waals surface area contributed by atoms with E-state index in [0.29, 0.717) is 0 Å². The average Bonchev–Trinajstić information content (AvgIpc) is 2.81. The molecule has 1 aromatic carbocycles. The van der Waals surface area contributed by atoms with E-state index in [2.05, 4.69) is 41.0 Å². The van der Waals surface area contributed by atoms with Gasteiger partial charge in [0.05, 0.1) is 12.2 Å². The number of hydrogen-bond acceptors (Lipinski definition) is 4. The predicted molar refractivity (Wildman–Crippen MR) is 72.0 cm³/mol. The maximum Gasteiger partial charge on any atom is 0.175 e. The smallest absolute Gasteiger partial charge is 0.175 e. The van der Waals surface area contributed by atoms with Gasteiger partial charge in [-0.3, -0.25) is 15.8 Å². The highest BCUT2D eigenvalue weighted by Crippen LogP contribution is 2.16. The van der Waals surface area contributed by atoms with Gasteiger partial charge in [-0.1, -0.05) is 43.3 Å². The molecule has 1 aliphatic heterocycles. The number of aryl methyl sites for hydroxylation is 1. The number of nitrogens with zero attached hydrogens (tertiary/aromatic N) is 1. The number of hydrogen-bond donors (Lipinski definition) is 2. The van der Waals surface area contributed by atoms with Crippen molar-refractivity contribution in [3.63, 3.8) is 0 Å². The number of hydrazine groups is 1. The largest absolute Gasteiger partial charge is 0.299 e. The van der Waals surface area contributed by atoms with Gasteiger partial charge < -0.3 is 0 Å². The van der Waals surface area contributed by atoms with Crippen molar-refractivity contribution in [1.29, 1.82) is 0 Å². The van der Waals surface area contributed by atoms with Crippen LogP contribution in [0.1, 0.15) is 18.9 Å². The molecular weight excluding hydrogens is 218 g/mol. The number of thioether (sulfide) groups is 1. The van der Waals surface area contributed by atoms with Crippen LogP contribution in [-0.4, -0.2) is 17.5 Å². The zero-order chi connectivity index (χ0) is 11.2. The van der Waals surface area contributed by atoms with E-state index in [1.54, 1.807) is 11.8 Å². The topological polar surface area (TPSA) is 36.4 Å². The number of benzene rings is 1. The molecular formula is C12H17N3S. The van der Waals surface area contributed by atoms with E-state index in [1.807, 2.05) is 6.07 Å². The van der Waals surface area contributed by atoms with Crippen molar-refractivity contribution in [2.45, 2.75) is 19.8 Å². The van der Waals surface area contributed by atoms with Crippen LogP contribution in [0.5, 0.6) is 0 Å². The first-order valence-electron chi connectivity index (χ1n) is 5.67. The van der Waals surface area contributed by atoms with Crippen LogP contribution in [-0.2, 0) is 6.42 Å². The van der Waals surface area contributed by atoms with E-state index in [-0.39, 0.29) is 0 Å². The number of rotatable bonds is 4. The van der Waals surface area contributed by atoms with Gasteiger partial charge in [0.15, 0.2) is 5.17 Å². The lowest BCUT2D eigenvalue weighted by molar-refractivity contribution is 0.918. The van der Waals surface area contributed by atoms with Gasteiger partial charge >= 0.3 is 0 Å². The Bertz CT molecular complexity index is 376. The van der Waals surface area contributed by atoms with Gasteiger partial charge in [0.1, 0.15) is 0 Å². The van der Waals surface area contributed by atoms with Gasteiger partial charge in [0.2, 0.25) is 0 Å². The first kappa shape index (κ1) is 11.3. The molecule has 0 atom stereocenters. The Morgan fingerprint density at radius 1 is 1.31 bits per heavy atom. The average molecular weight is 235 g/mol. The second kappa shape index (κ2) is 5.80. The molecule has 86 valence electrons. The van der Waals surface area contributed by atoms with E-state index < -0.39 is 0 Å². The summed E-state index contributed by atoms with van der Waals surface area (Å²) in [4.78, 5) is 4.33. The van der Waals surface area contributed by atoms with Crippen molar-refractivity contribution in [3.05, 3.63) is 29.8 Å². The maximum atomic E-state index is 4.33. The third kappa shape index (κ3) is 2.92. The summed E-state index contributed by atoms with van der Waals surface area (Å²) in [6.07, 6.45) is 2.26. The van der Waals surface area contributed by atoms with Crippen LogP contribution in [0.3, 0.4) is 0 Å². The highest BCUT2D eigenvalue weighted by atomic mass is 32.2. The van der Waals surface area contributed by atoms with Gasteiger partial charge in [-0.05, 0) is 18.1 Å². The fraction of sp³-hybridized carbons (Fsp3) is 0.417. The molecule has 0 saturated heterocycles. The minimum atomic E-state index is 0.922. The van der Waals surface area contributed by atoms with Gasteiger partial charge in [-0.25, -0.2) is 0 Å². The van der Waals surface area contributed by atoms with Crippen molar-refractivity contribution in [3.8, 4) is 0 Å². The van der Waals surface area contributed by atoms with Crippen molar-refractivity contribution >= 4 is 22.6 Å². The first-order valence-corrected chi connectivity index (χ1v) is 6.66. The Labute approximate surface area is 101 Å². The summed E-state index contributed by atoms with van der Waals surface area (Å²) in [5.74, 6) is 1.08. The van der Waals surface area contributed by atoms with Crippen LogP contribution in [0.25, 0.3) is 0 Å². The highest BCUT2D eigenvalue weighted by Gasteiger charge is 2.06. The normalized spacial score (nSPS) is 14.7. The number of para-hydroxylation sites is 1. The molecule has 3 nitrogen and oxygen atoms in total. The van der Waals surface area contributed by atoms with Crippen LogP contribution >= 0.6 is 11.8 Å². The molecule has 0 spiro atoms. The fourth-order valence-electron chi connectivity index (χ4n) is 1.66. The Morgan fingerprint density at radius 2 is 2.19 bits per heavy atom. The second-order valence-corrected chi connectivity index (χ2v) is 4.78. The van der Waals surface area contributed by atoms with E-state index in [9.17, 15) is 0 Å². The Kier molecular flexibility index (Phi) is 4.10. The lowest BCUT2D eigenvalue weighted by Gasteiger charge is -2.12. The van der Waals surface area contributed by atoms with Gasteiger partial charge in [0, 0.05) is 5.75 Å². The van der Waals surface area contributed by atoms with Crippen molar-refractivity contribution in [2.24, 2.45) is 4.99 Å². The Balaban J connectivity index is 1.97. The molecule has 0 aromatic heterocycles. The highest BCUT2D eigenvalue weighted by molar-refractivity contribution is 8.14. The number of nitrogens with one attached hydrogen (secondary N) is 2. The lowest BCUT2D eigenvalue weighted by Crippen LogP contribution is -2.26. The third-order valence-corrected chi connectivity index (χ3v) is 3.32. The van der Waals surface area contributed by atoms with Gasteiger partial charge in [0.25, 0.3) is 0 Å². The summed E-state index contributed by atoms with van der Waals surface area (Å²) in [7, 11) is 0. The molecule has 0 radical (unpaired) electrons. The summed E-state index contributed by atoms with van der Waals surface area (Å²) in [6, 6.07) is 8.39. The Hall–Kier alpha value is -1.16. The summed E-state index contributed by atoms with van der Waals surface area (Å²) in [5.41, 5.74) is 8.90. The molecule has 2 N–H and O–H groups in total. The van der Waals surface area contributed by atoms with Gasteiger partial charge in [-0.2, -0.15) is 0 Å². The van der Waals surface area contributed by atoms with E-state index in [1.165, 1.54) is 5.56 Å². The predicted octanol–water partition coefficient (Wildman–Crippen LogP) is 2.66. The first-order chi connectivity index (χ1) is 7.90. The van der Waals surface area contributed by atoms with Crippen molar-refractivity contribution in [1.82, 2.24) is 5.43 Å². The molecule has 0 amide bonds. The number of anilines is 1. The van der Waals surface area contributed by atoms with Crippen molar-refractivity contribution < 1.29 is 0 Å². The summed E-state index contributed by atoms with van der Waals surface area (Å²) in [6.45, 7) is 3.12. The van der Waals surface area contributed by atoms with E-state index in [4.69, 9.17) is 0 Å². The van der Waals surface area contributed by atoms with E-state index in [0.717, 1.165) is 36.0 Å². The molecule has 1 aliphatic rings. The fourth-order valence-corrected chi connectivity index (χ4v) is 2.34. The van der Waals surface area contributed by atoms with Crippen LogP contribution in [0.15, 0.2) is 29.3 Å². The quantitative estimate of drug-likeness (QED) is 0.788. The molecule has 0 saturated carbocycles. The monoisotopic (exact) mass is 235 g/mol. The zero-order valence-electron chi connectivity index (χ0n) is 9.49. The SMILES string of the molecule is CCCc1ccccc1NNC1=NCCS1. The molecule has 0 unspecified atom stereocenters.